The zero-order valence-electron chi connectivity index (χ0n) is 25.1. The maximum Gasteiger partial charge on any atom is 0.337 e. The van der Waals surface area contributed by atoms with Gasteiger partial charge in [0.15, 0.2) is 0 Å². The topological polar surface area (TPSA) is 160 Å². The highest BCUT2D eigenvalue weighted by Gasteiger charge is 2.36. The van der Waals surface area contributed by atoms with Gasteiger partial charge in [-0.25, -0.2) is 4.79 Å². The first kappa shape index (κ1) is 33.7. The minimum Gasteiger partial charge on any atom is -0.465 e. The first-order valence-electron chi connectivity index (χ1n) is 13.6. The molecule has 4 amide bonds. The van der Waals surface area contributed by atoms with Crippen LogP contribution in [0, 0.1) is 11.3 Å². The van der Waals surface area contributed by atoms with Gasteiger partial charge in [-0.2, -0.15) is 0 Å². The van der Waals surface area contributed by atoms with E-state index in [9.17, 15) is 28.8 Å². The van der Waals surface area contributed by atoms with Crippen LogP contribution in [0.5, 0.6) is 0 Å². The van der Waals surface area contributed by atoms with Gasteiger partial charge in [-0.1, -0.05) is 65.0 Å². The van der Waals surface area contributed by atoms with Gasteiger partial charge in [0.1, 0.15) is 12.1 Å². The predicted octanol–water partition coefficient (Wildman–Crippen LogP) is 2.15. The van der Waals surface area contributed by atoms with E-state index in [1.807, 2.05) is 0 Å². The second-order valence-corrected chi connectivity index (χ2v) is 11.3. The SMILES string of the molecule is COC(=O)c1cccc(CNC(=O)C(=O)C(NC(=O)C(C)NC(=O)C(NC(=O)c2ccccc2)C(C)(C)C)C(C)C)c1. The number of nitrogens with one attached hydrogen (secondary N) is 4. The standard InChI is InChI=1S/C31H40N4O7/c1-18(2)23(24(36)28(39)32-17-20-12-11-15-22(16-20)30(41)42-7)34-26(37)19(3)33-29(40)25(31(4,5)6)35-27(38)21-13-9-8-10-14-21/h8-16,18-19,23,25H,17H2,1-7H3,(H,32,39)(H,33,40)(H,34,37)(H,35,38). The molecule has 0 radical (unpaired) electrons. The second kappa shape index (κ2) is 14.9. The molecule has 0 aliphatic heterocycles. The number of ketones is 1. The third kappa shape index (κ3) is 9.53. The fourth-order valence-electron chi connectivity index (χ4n) is 3.99. The van der Waals surface area contributed by atoms with Crippen molar-refractivity contribution < 1.29 is 33.5 Å². The Balaban J connectivity index is 2.03. The molecule has 0 aliphatic carbocycles. The molecule has 0 spiro atoms. The number of esters is 1. The minimum absolute atomic E-state index is 0.0243. The predicted molar refractivity (Wildman–Crippen MR) is 156 cm³/mol. The summed E-state index contributed by atoms with van der Waals surface area (Å²) < 4.78 is 4.69. The van der Waals surface area contributed by atoms with Crippen molar-refractivity contribution in [2.45, 2.75) is 66.2 Å². The molecule has 2 aromatic rings. The lowest BCUT2D eigenvalue weighted by Gasteiger charge is -2.31. The summed E-state index contributed by atoms with van der Waals surface area (Å²) in [5, 5.41) is 10.4. The van der Waals surface area contributed by atoms with Gasteiger partial charge < -0.3 is 26.0 Å². The van der Waals surface area contributed by atoms with E-state index in [-0.39, 0.29) is 6.54 Å². The van der Waals surface area contributed by atoms with E-state index >= 15 is 0 Å². The Labute approximate surface area is 246 Å². The number of ether oxygens (including phenoxy) is 1. The third-order valence-corrected chi connectivity index (χ3v) is 6.46. The molecule has 11 nitrogen and oxygen atoms in total. The van der Waals surface area contributed by atoms with Crippen LogP contribution in [-0.2, 0) is 30.5 Å². The highest BCUT2D eigenvalue weighted by molar-refractivity contribution is 6.38. The molecule has 0 heterocycles. The maximum absolute atomic E-state index is 13.2. The largest absolute Gasteiger partial charge is 0.465 e. The molecule has 0 saturated carbocycles. The molecule has 2 aromatic carbocycles. The highest BCUT2D eigenvalue weighted by Crippen LogP contribution is 2.20. The zero-order valence-corrected chi connectivity index (χ0v) is 25.1. The Morgan fingerprint density at radius 3 is 1.98 bits per heavy atom. The van der Waals surface area contributed by atoms with Crippen molar-refractivity contribution >= 4 is 35.4 Å². The number of rotatable bonds is 12. The van der Waals surface area contributed by atoms with Crippen molar-refractivity contribution in [2.75, 3.05) is 7.11 Å². The number of methoxy groups -OCH3 is 1. The average Bonchev–Trinajstić information content (AvgIpc) is 2.95. The van der Waals surface area contributed by atoms with Crippen molar-refractivity contribution in [2.24, 2.45) is 11.3 Å². The number of Topliss-reactive ketones (excluding diaryl/α,β-unsaturated/α-hetero) is 1. The van der Waals surface area contributed by atoms with Gasteiger partial charge in [-0.3, -0.25) is 24.0 Å². The van der Waals surface area contributed by atoms with Gasteiger partial charge in [0, 0.05) is 12.1 Å². The molecule has 4 N–H and O–H groups in total. The van der Waals surface area contributed by atoms with E-state index in [2.05, 4.69) is 21.3 Å². The van der Waals surface area contributed by atoms with E-state index in [1.165, 1.54) is 20.1 Å². The first-order valence-corrected chi connectivity index (χ1v) is 13.6. The fourth-order valence-corrected chi connectivity index (χ4v) is 3.99. The third-order valence-electron chi connectivity index (χ3n) is 6.46. The zero-order chi connectivity index (χ0) is 31.6. The first-order chi connectivity index (χ1) is 19.6. The average molecular weight is 581 g/mol. The summed E-state index contributed by atoms with van der Waals surface area (Å²) in [6.45, 7) is 10.1. The molecule has 42 heavy (non-hydrogen) atoms. The quantitative estimate of drug-likeness (QED) is 0.221. The Bertz CT molecular complexity index is 1300. The summed E-state index contributed by atoms with van der Waals surface area (Å²) in [5.41, 5.74) is 0.578. The van der Waals surface area contributed by atoms with Crippen molar-refractivity contribution in [3.63, 3.8) is 0 Å². The van der Waals surface area contributed by atoms with Crippen molar-refractivity contribution in [1.82, 2.24) is 21.3 Å². The number of hydrogen-bond donors (Lipinski definition) is 4. The van der Waals surface area contributed by atoms with Crippen molar-refractivity contribution in [1.29, 1.82) is 0 Å². The van der Waals surface area contributed by atoms with E-state index in [1.54, 1.807) is 83.1 Å². The molecule has 0 saturated heterocycles. The van der Waals surface area contributed by atoms with E-state index in [0.29, 0.717) is 16.7 Å². The number of amides is 4. The molecule has 3 unspecified atom stereocenters. The Kier molecular flexibility index (Phi) is 11.9. The van der Waals surface area contributed by atoms with E-state index in [4.69, 9.17) is 4.74 Å². The summed E-state index contributed by atoms with van der Waals surface area (Å²) in [6.07, 6.45) is 0. The monoisotopic (exact) mass is 580 g/mol. The van der Waals surface area contributed by atoms with Crippen LogP contribution in [0.4, 0.5) is 0 Å². The van der Waals surface area contributed by atoms with Crippen LogP contribution in [0.3, 0.4) is 0 Å². The van der Waals surface area contributed by atoms with Gasteiger partial charge in [0.2, 0.25) is 17.6 Å². The van der Waals surface area contributed by atoms with E-state index in [0.717, 1.165) is 0 Å². The molecule has 0 aliphatic rings. The Morgan fingerprint density at radius 2 is 1.40 bits per heavy atom. The molecular formula is C31H40N4O7. The Hall–Kier alpha value is -4.54. The van der Waals surface area contributed by atoms with Crippen LogP contribution >= 0.6 is 0 Å². The fraction of sp³-hybridized carbons (Fsp3) is 0.419. The van der Waals surface area contributed by atoms with Gasteiger partial charge in [-0.15, -0.1) is 0 Å². The second-order valence-electron chi connectivity index (χ2n) is 11.3. The van der Waals surface area contributed by atoms with Crippen LogP contribution in [0.15, 0.2) is 54.6 Å². The Morgan fingerprint density at radius 1 is 0.786 bits per heavy atom. The van der Waals surface area contributed by atoms with Gasteiger partial charge in [-0.05, 0) is 48.1 Å². The number of carbonyl (C=O) groups is 6. The summed E-state index contributed by atoms with van der Waals surface area (Å²) in [4.78, 5) is 76.3. The molecule has 2 rings (SSSR count). The highest BCUT2D eigenvalue weighted by atomic mass is 16.5. The van der Waals surface area contributed by atoms with Crippen LogP contribution in [-0.4, -0.2) is 60.6 Å². The summed E-state index contributed by atoms with van der Waals surface area (Å²) in [7, 11) is 1.26. The van der Waals surface area contributed by atoms with Crippen LogP contribution in [0.25, 0.3) is 0 Å². The lowest BCUT2D eigenvalue weighted by Crippen LogP contribution is -2.59. The van der Waals surface area contributed by atoms with Gasteiger partial charge in [0.05, 0.1) is 18.7 Å². The number of hydrogen-bond acceptors (Lipinski definition) is 7. The molecule has 3 atom stereocenters. The van der Waals surface area contributed by atoms with Gasteiger partial charge >= 0.3 is 5.97 Å². The molecule has 226 valence electrons. The van der Waals surface area contributed by atoms with Crippen molar-refractivity contribution in [3.05, 3.63) is 71.3 Å². The van der Waals surface area contributed by atoms with Gasteiger partial charge in [0.25, 0.3) is 11.8 Å². The molecule has 11 heteroatoms. The van der Waals surface area contributed by atoms with E-state index < -0.39 is 64.8 Å². The lowest BCUT2D eigenvalue weighted by molar-refractivity contribution is -0.141. The summed E-state index contributed by atoms with van der Waals surface area (Å²) in [6, 6.07) is 11.7. The van der Waals surface area contributed by atoms with Crippen LogP contribution in [0.1, 0.15) is 67.8 Å². The lowest BCUT2D eigenvalue weighted by atomic mass is 9.85. The number of benzene rings is 2. The number of carbonyl (C=O) groups excluding carboxylic acids is 6. The molecule has 0 bridgehead atoms. The normalized spacial score (nSPS) is 13.2. The summed E-state index contributed by atoms with van der Waals surface area (Å²) >= 11 is 0. The maximum atomic E-state index is 13.2. The smallest absolute Gasteiger partial charge is 0.337 e. The van der Waals surface area contributed by atoms with Crippen molar-refractivity contribution in [3.8, 4) is 0 Å². The summed E-state index contributed by atoms with van der Waals surface area (Å²) in [5.74, 6) is -4.42. The minimum atomic E-state index is -1.16. The molecule has 0 aromatic heterocycles. The molecule has 0 fully saturated rings. The van der Waals surface area contributed by atoms with Crippen LogP contribution in [0.2, 0.25) is 0 Å². The van der Waals surface area contributed by atoms with Crippen LogP contribution < -0.4 is 21.3 Å². The molecular weight excluding hydrogens is 540 g/mol.